The van der Waals surface area contributed by atoms with E-state index < -0.39 is 0 Å². The fraction of sp³-hybridized carbons (Fsp3) is 0.250. The predicted molar refractivity (Wildman–Crippen MR) is 88.2 cm³/mol. The Labute approximate surface area is 137 Å². The molecule has 1 N–H and O–H groups in total. The first-order valence-electron chi connectivity index (χ1n) is 7.24. The van der Waals surface area contributed by atoms with E-state index >= 15 is 0 Å². The van der Waals surface area contributed by atoms with Crippen LogP contribution in [0.25, 0.3) is 11.4 Å². The Balaban J connectivity index is 1.72. The van der Waals surface area contributed by atoms with Gasteiger partial charge in [0.1, 0.15) is 0 Å². The van der Waals surface area contributed by atoms with E-state index in [2.05, 4.69) is 20.1 Å². The van der Waals surface area contributed by atoms with Crippen LogP contribution in [-0.2, 0) is 5.75 Å². The van der Waals surface area contributed by atoms with Crippen LogP contribution < -0.4 is 5.56 Å². The van der Waals surface area contributed by atoms with Gasteiger partial charge in [-0.05, 0) is 5.92 Å². The predicted octanol–water partition coefficient (Wildman–Crippen LogP) is 3.24. The Morgan fingerprint density at radius 3 is 2.74 bits per heavy atom. The van der Waals surface area contributed by atoms with E-state index in [1.54, 1.807) is 0 Å². The molecule has 0 amide bonds. The highest BCUT2D eigenvalue weighted by Crippen LogP contribution is 2.21. The number of nitrogens with one attached hydrogen (secondary N) is 1. The molecule has 2 heterocycles. The van der Waals surface area contributed by atoms with Gasteiger partial charge in [-0.2, -0.15) is 4.98 Å². The fourth-order valence-corrected chi connectivity index (χ4v) is 2.69. The summed E-state index contributed by atoms with van der Waals surface area (Å²) in [4.78, 5) is 23.2. The average molecular weight is 328 g/mol. The molecular formula is C16H16N4O2S. The summed E-state index contributed by atoms with van der Waals surface area (Å²) in [5, 5.41) is 4.53. The molecular weight excluding hydrogens is 312 g/mol. The quantitative estimate of drug-likeness (QED) is 0.572. The van der Waals surface area contributed by atoms with Crippen molar-refractivity contribution < 1.29 is 4.52 Å². The van der Waals surface area contributed by atoms with Gasteiger partial charge in [-0.3, -0.25) is 4.79 Å². The molecule has 3 aromatic rings. The van der Waals surface area contributed by atoms with Gasteiger partial charge in [-0.25, -0.2) is 4.98 Å². The smallest absolute Gasteiger partial charge is 0.251 e. The number of benzene rings is 1. The first-order valence-corrected chi connectivity index (χ1v) is 8.22. The molecule has 0 atom stereocenters. The van der Waals surface area contributed by atoms with Gasteiger partial charge in [0.25, 0.3) is 5.56 Å². The first kappa shape index (κ1) is 15.5. The maximum atomic E-state index is 11.7. The molecule has 0 aliphatic rings. The number of thioether (sulfide) groups is 1. The van der Waals surface area contributed by atoms with Gasteiger partial charge in [-0.15, -0.1) is 0 Å². The molecule has 7 heteroatoms. The highest BCUT2D eigenvalue weighted by molar-refractivity contribution is 7.98. The second kappa shape index (κ2) is 6.78. The molecule has 0 aliphatic heterocycles. The Kier molecular flexibility index (Phi) is 4.57. The van der Waals surface area contributed by atoms with Gasteiger partial charge in [-0.1, -0.05) is 61.1 Å². The van der Waals surface area contributed by atoms with Crippen LogP contribution in [0.2, 0.25) is 0 Å². The molecule has 0 radical (unpaired) electrons. The van der Waals surface area contributed by atoms with E-state index in [0.717, 1.165) is 11.3 Å². The van der Waals surface area contributed by atoms with E-state index in [0.29, 0.717) is 22.6 Å². The highest BCUT2D eigenvalue weighted by atomic mass is 32.2. The first-order chi connectivity index (χ1) is 11.1. The van der Waals surface area contributed by atoms with Crippen molar-refractivity contribution in [1.82, 2.24) is 20.1 Å². The van der Waals surface area contributed by atoms with Crippen LogP contribution in [0.15, 0.2) is 50.9 Å². The summed E-state index contributed by atoms with van der Waals surface area (Å²) >= 11 is 1.36. The van der Waals surface area contributed by atoms with Crippen molar-refractivity contribution >= 4 is 11.8 Å². The average Bonchev–Trinajstić information content (AvgIpc) is 3.02. The number of hydrogen-bond donors (Lipinski definition) is 1. The topological polar surface area (TPSA) is 84.7 Å². The minimum atomic E-state index is -0.151. The summed E-state index contributed by atoms with van der Waals surface area (Å²) in [5.41, 5.74) is 1.52. The van der Waals surface area contributed by atoms with Crippen LogP contribution in [0.4, 0.5) is 0 Å². The van der Waals surface area contributed by atoms with Gasteiger partial charge in [0, 0.05) is 11.6 Å². The lowest BCUT2D eigenvalue weighted by atomic mass is 10.1. The van der Waals surface area contributed by atoms with Crippen molar-refractivity contribution in [2.75, 3.05) is 0 Å². The molecule has 6 nitrogen and oxygen atoms in total. The highest BCUT2D eigenvalue weighted by Gasteiger charge is 2.11. The molecule has 3 rings (SSSR count). The molecule has 0 spiro atoms. The standard InChI is InChI=1S/C16H16N4O2S/c1-10(2)12-8-13(21)18-16(17-12)23-9-14-19-15(20-22-14)11-6-4-3-5-7-11/h3-8,10H,9H2,1-2H3,(H,17,18,21). The van der Waals surface area contributed by atoms with Crippen LogP contribution in [0.1, 0.15) is 31.4 Å². The van der Waals surface area contributed by atoms with Crippen molar-refractivity contribution in [1.29, 1.82) is 0 Å². The molecule has 0 saturated carbocycles. The minimum Gasteiger partial charge on any atom is -0.338 e. The molecule has 0 saturated heterocycles. The number of aromatic amines is 1. The second-order valence-corrected chi connectivity index (χ2v) is 6.26. The maximum absolute atomic E-state index is 11.7. The number of nitrogens with zero attached hydrogens (tertiary/aromatic N) is 3. The third-order valence-corrected chi connectivity index (χ3v) is 4.02. The molecule has 0 unspecified atom stereocenters. The van der Waals surface area contributed by atoms with Crippen LogP contribution in [0.5, 0.6) is 0 Å². The summed E-state index contributed by atoms with van der Waals surface area (Å²) in [5.74, 6) is 1.69. The van der Waals surface area contributed by atoms with Crippen LogP contribution in [0.3, 0.4) is 0 Å². The Bertz CT molecular complexity index is 843. The summed E-state index contributed by atoms with van der Waals surface area (Å²) in [6.45, 7) is 4.00. The third kappa shape index (κ3) is 3.87. The zero-order valence-electron chi connectivity index (χ0n) is 12.8. The lowest BCUT2D eigenvalue weighted by Gasteiger charge is -2.05. The van der Waals surface area contributed by atoms with Gasteiger partial charge >= 0.3 is 0 Å². The molecule has 1 aromatic carbocycles. The Hall–Kier alpha value is -2.41. The summed E-state index contributed by atoms with van der Waals surface area (Å²) in [6, 6.07) is 11.2. The molecule has 118 valence electrons. The zero-order valence-corrected chi connectivity index (χ0v) is 13.6. The normalized spacial score (nSPS) is 11.1. The van der Waals surface area contributed by atoms with E-state index in [-0.39, 0.29) is 11.5 Å². The van der Waals surface area contributed by atoms with Crippen molar-refractivity contribution in [2.45, 2.75) is 30.7 Å². The molecule has 0 fully saturated rings. The van der Waals surface area contributed by atoms with Crippen molar-refractivity contribution in [3.05, 3.63) is 58.3 Å². The largest absolute Gasteiger partial charge is 0.338 e. The lowest BCUT2D eigenvalue weighted by Crippen LogP contribution is -2.10. The van der Waals surface area contributed by atoms with E-state index in [9.17, 15) is 4.79 Å². The van der Waals surface area contributed by atoms with Crippen molar-refractivity contribution in [3.63, 3.8) is 0 Å². The lowest BCUT2D eigenvalue weighted by molar-refractivity contribution is 0.391. The van der Waals surface area contributed by atoms with E-state index in [1.807, 2.05) is 44.2 Å². The van der Waals surface area contributed by atoms with Gasteiger partial charge < -0.3 is 9.51 Å². The number of rotatable bonds is 5. The van der Waals surface area contributed by atoms with Crippen LogP contribution >= 0.6 is 11.8 Å². The summed E-state index contributed by atoms with van der Waals surface area (Å²) in [6.07, 6.45) is 0. The van der Waals surface area contributed by atoms with Gasteiger partial charge in [0.2, 0.25) is 11.7 Å². The Morgan fingerprint density at radius 1 is 1.22 bits per heavy atom. The monoisotopic (exact) mass is 328 g/mol. The second-order valence-electron chi connectivity index (χ2n) is 5.30. The van der Waals surface area contributed by atoms with E-state index in [1.165, 1.54) is 17.8 Å². The molecule has 23 heavy (non-hydrogen) atoms. The fourth-order valence-electron chi connectivity index (χ4n) is 1.97. The molecule has 0 aliphatic carbocycles. The van der Waals surface area contributed by atoms with Crippen LogP contribution in [-0.4, -0.2) is 20.1 Å². The van der Waals surface area contributed by atoms with Crippen LogP contribution in [0, 0.1) is 0 Å². The Morgan fingerprint density at radius 2 is 2.00 bits per heavy atom. The summed E-state index contributed by atoms with van der Waals surface area (Å²) < 4.78 is 5.25. The van der Waals surface area contributed by atoms with E-state index in [4.69, 9.17) is 4.52 Å². The van der Waals surface area contributed by atoms with Gasteiger partial charge in [0.05, 0.1) is 11.4 Å². The van der Waals surface area contributed by atoms with Crippen molar-refractivity contribution in [3.8, 4) is 11.4 Å². The number of aromatic nitrogens is 4. The number of H-pyrrole nitrogens is 1. The van der Waals surface area contributed by atoms with Crippen molar-refractivity contribution in [2.24, 2.45) is 0 Å². The minimum absolute atomic E-state index is 0.151. The summed E-state index contributed by atoms with van der Waals surface area (Å²) in [7, 11) is 0. The SMILES string of the molecule is CC(C)c1cc(=O)[nH]c(SCc2nc(-c3ccccc3)no2)n1. The molecule has 2 aromatic heterocycles. The maximum Gasteiger partial charge on any atom is 0.251 e. The van der Waals surface area contributed by atoms with Gasteiger partial charge in [0.15, 0.2) is 5.16 Å². The zero-order chi connectivity index (χ0) is 16.2. The number of hydrogen-bond acceptors (Lipinski definition) is 6. The molecule has 0 bridgehead atoms. The third-order valence-electron chi connectivity index (χ3n) is 3.16.